The van der Waals surface area contributed by atoms with Crippen molar-refractivity contribution in [3.8, 4) is 22.4 Å². The number of rotatable bonds is 12. The van der Waals surface area contributed by atoms with Crippen molar-refractivity contribution in [1.29, 1.82) is 0 Å². The van der Waals surface area contributed by atoms with Gasteiger partial charge in [0.2, 0.25) is 0 Å². The van der Waals surface area contributed by atoms with E-state index in [-0.39, 0.29) is 37.0 Å². The van der Waals surface area contributed by atoms with Crippen LogP contribution in [-0.2, 0) is 11.3 Å². The lowest BCUT2D eigenvalue weighted by atomic mass is 9.94. The minimum absolute atomic E-state index is 0.0939. The van der Waals surface area contributed by atoms with Gasteiger partial charge in [0.05, 0.1) is 29.9 Å². The predicted molar refractivity (Wildman–Crippen MR) is 169 cm³/mol. The molecule has 0 radical (unpaired) electrons. The molecule has 2 atom stereocenters. The van der Waals surface area contributed by atoms with Crippen LogP contribution in [0.4, 0.5) is 10.1 Å². The Kier molecular flexibility index (Phi) is 12.2. The summed E-state index contributed by atoms with van der Waals surface area (Å²) in [6, 6.07) is 24.8. The molecule has 4 aromatic rings. The maximum Gasteiger partial charge on any atom is 0.305 e. The summed E-state index contributed by atoms with van der Waals surface area (Å²) >= 11 is 0. The first kappa shape index (κ1) is 33.2. The molecule has 1 amide bonds. The number of nitrogens with zero attached hydrogens (tertiary/aromatic N) is 1. The van der Waals surface area contributed by atoms with E-state index in [1.165, 1.54) is 12.1 Å². The van der Waals surface area contributed by atoms with Crippen LogP contribution in [0.3, 0.4) is 0 Å². The van der Waals surface area contributed by atoms with Crippen molar-refractivity contribution in [3.05, 3.63) is 102 Å². The largest absolute Gasteiger partial charge is 0.481 e. The Labute approximate surface area is 252 Å². The number of carbonyl (C=O) groups is 2. The number of para-hydroxylation sites is 1. The van der Waals surface area contributed by atoms with E-state index in [4.69, 9.17) is 5.11 Å². The van der Waals surface area contributed by atoms with Gasteiger partial charge in [0, 0.05) is 23.5 Å². The number of amides is 1. The Morgan fingerprint density at radius 1 is 0.837 bits per heavy atom. The summed E-state index contributed by atoms with van der Waals surface area (Å²) in [6.45, 7) is 8.25. The molecule has 0 aliphatic rings. The third kappa shape index (κ3) is 8.63. The van der Waals surface area contributed by atoms with E-state index in [1.54, 1.807) is 12.1 Å². The number of aromatic nitrogens is 1. The number of carbonyl (C=O) groups excluding carboxylic acids is 1. The van der Waals surface area contributed by atoms with Crippen LogP contribution in [0.5, 0.6) is 0 Å². The highest BCUT2D eigenvalue weighted by atomic mass is 19.1. The van der Waals surface area contributed by atoms with E-state index in [0.29, 0.717) is 28.1 Å². The minimum Gasteiger partial charge on any atom is -0.481 e. The second-order valence-corrected chi connectivity index (χ2v) is 10.4. The van der Waals surface area contributed by atoms with E-state index < -0.39 is 24.6 Å². The molecule has 0 saturated carbocycles. The molecule has 4 N–H and O–H groups in total. The van der Waals surface area contributed by atoms with Crippen molar-refractivity contribution in [2.75, 3.05) is 5.32 Å². The van der Waals surface area contributed by atoms with Gasteiger partial charge in [0.25, 0.3) is 5.91 Å². The van der Waals surface area contributed by atoms with Crippen LogP contribution in [0.15, 0.2) is 84.9 Å². The molecule has 3 aromatic carbocycles. The molecule has 1 aromatic heterocycles. The molecule has 7 nitrogen and oxygen atoms in total. The second-order valence-electron chi connectivity index (χ2n) is 10.4. The quantitative estimate of drug-likeness (QED) is 0.138. The third-order valence-electron chi connectivity index (χ3n) is 6.93. The summed E-state index contributed by atoms with van der Waals surface area (Å²) in [5, 5.41) is 32.8. The maximum absolute atomic E-state index is 14.0. The number of carboxylic acid groups (broad SMARTS) is 1. The SMILES string of the molecule is CC.CC(C)c1c(C(=O)Nc2ccccc2)c(-c2ccccc2)c(-c2ccc(F)cc2)n1CCC(O)CC(O)CC(=O)O. The summed E-state index contributed by atoms with van der Waals surface area (Å²) in [5.74, 6) is -1.93. The lowest BCUT2D eigenvalue weighted by molar-refractivity contribution is -0.139. The van der Waals surface area contributed by atoms with Crippen molar-refractivity contribution >= 4 is 17.6 Å². The van der Waals surface area contributed by atoms with Gasteiger partial charge in [-0.2, -0.15) is 0 Å². The number of aliphatic hydroxyl groups is 2. The van der Waals surface area contributed by atoms with E-state index in [1.807, 2.05) is 92.9 Å². The summed E-state index contributed by atoms with van der Waals surface area (Å²) in [4.78, 5) is 25.0. The lowest BCUT2D eigenvalue weighted by Crippen LogP contribution is -2.22. The van der Waals surface area contributed by atoms with Crippen molar-refractivity contribution < 1.29 is 29.3 Å². The maximum atomic E-state index is 14.0. The topological polar surface area (TPSA) is 112 Å². The minimum atomic E-state index is -1.18. The Balaban J connectivity index is 0.00000248. The number of nitrogens with one attached hydrogen (secondary N) is 1. The molecular weight excluding hydrogens is 547 g/mol. The molecule has 228 valence electrons. The van der Waals surface area contributed by atoms with Crippen molar-refractivity contribution in [3.63, 3.8) is 0 Å². The van der Waals surface area contributed by atoms with Gasteiger partial charge in [-0.05, 0) is 66.3 Å². The van der Waals surface area contributed by atoms with Crippen LogP contribution in [0, 0.1) is 5.82 Å². The first-order chi connectivity index (χ1) is 20.7. The fourth-order valence-corrected chi connectivity index (χ4v) is 5.20. The lowest BCUT2D eigenvalue weighted by Gasteiger charge is -2.20. The number of anilines is 1. The zero-order valence-electron chi connectivity index (χ0n) is 25.1. The van der Waals surface area contributed by atoms with Crippen LogP contribution in [-0.4, -0.2) is 44.0 Å². The van der Waals surface area contributed by atoms with Crippen LogP contribution >= 0.6 is 0 Å². The fourth-order valence-electron chi connectivity index (χ4n) is 5.20. The van der Waals surface area contributed by atoms with Crippen molar-refractivity contribution in [2.24, 2.45) is 0 Å². The number of aliphatic hydroxyl groups excluding tert-OH is 2. The van der Waals surface area contributed by atoms with E-state index >= 15 is 0 Å². The molecule has 0 aliphatic heterocycles. The number of halogens is 1. The number of hydrogen-bond acceptors (Lipinski definition) is 4. The Hall–Kier alpha value is -4.27. The molecule has 43 heavy (non-hydrogen) atoms. The van der Waals surface area contributed by atoms with Gasteiger partial charge in [0.15, 0.2) is 0 Å². The summed E-state index contributed by atoms with van der Waals surface area (Å²) in [5.41, 5.74) is 4.77. The van der Waals surface area contributed by atoms with Crippen LogP contribution in [0.2, 0.25) is 0 Å². The molecule has 8 heteroatoms. The van der Waals surface area contributed by atoms with Crippen LogP contribution in [0.25, 0.3) is 22.4 Å². The van der Waals surface area contributed by atoms with Gasteiger partial charge >= 0.3 is 5.97 Å². The highest BCUT2D eigenvalue weighted by molar-refractivity contribution is 6.12. The number of hydrogen-bond donors (Lipinski definition) is 4. The highest BCUT2D eigenvalue weighted by Gasteiger charge is 2.31. The van der Waals surface area contributed by atoms with Gasteiger partial charge in [-0.1, -0.05) is 76.2 Å². The second kappa shape index (κ2) is 15.8. The summed E-state index contributed by atoms with van der Waals surface area (Å²) < 4.78 is 16.0. The normalized spacial score (nSPS) is 12.3. The highest BCUT2D eigenvalue weighted by Crippen LogP contribution is 2.42. The van der Waals surface area contributed by atoms with Crippen molar-refractivity contribution in [1.82, 2.24) is 4.57 Å². The molecule has 4 rings (SSSR count). The number of aliphatic carboxylic acids is 1. The Morgan fingerprint density at radius 2 is 1.42 bits per heavy atom. The average molecular weight is 589 g/mol. The average Bonchev–Trinajstić information content (AvgIpc) is 3.33. The van der Waals surface area contributed by atoms with Crippen LogP contribution in [0.1, 0.15) is 68.9 Å². The molecule has 0 aliphatic carbocycles. The van der Waals surface area contributed by atoms with Crippen LogP contribution < -0.4 is 5.32 Å². The van der Waals surface area contributed by atoms with Gasteiger partial charge in [0.1, 0.15) is 5.82 Å². The molecular formula is C35H41FN2O5. The Morgan fingerprint density at radius 3 is 1.98 bits per heavy atom. The summed E-state index contributed by atoms with van der Waals surface area (Å²) in [6.07, 6.45) is -2.51. The number of benzene rings is 3. The van der Waals surface area contributed by atoms with E-state index in [0.717, 1.165) is 11.3 Å². The molecule has 0 saturated heterocycles. The molecule has 2 unspecified atom stereocenters. The van der Waals surface area contributed by atoms with Crippen molar-refractivity contribution in [2.45, 2.75) is 71.6 Å². The van der Waals surface area contributed by atoms with Gasteiger partial charge in [-0.15, -0.1) is 0 Å². The standard InChI is InChI=1S/C33H35FN2O5.C2H6/c1-21(2)31-30(33(41)35-25-11-7-4-8-12-25)29(22-9-5-3-6-10-22)32(23-13-15-24(34)16-14-23)36(31)18-17-26(37)19-27(38)20-28(39)40;1-2/h3-16,21,26-27,37-38H,17-20H2,1-2H3,(H,35,41)(H,39,40);1-2H3. The molecule has 0 spiro atoms. The smallest absolute Gasteiger partial charge is 0.305 e. The third-order valence-corrected chi connectivity index (χ3v) is 6.93. The van der Waals surface area contributed by atoms with Gasteiger partial charge in [-0.25, -0.2) is 4.39 Å². The predicted octanol–water partition coefficient (Wildman–Crippen LogP) is 7.34. The summed E-state index contributed by atoms with van der Waals surface area (Å²) in [7, 11) is 0. The monoisotopic (exact) mass is 588 g/mol. The molecule has 0 bridgehead atoms. The molecule has 0 fully saturated rings. The fraction of sp³-hybridized carbons (Fsp3) is 0.314. The zero-order chi connectivity index (χ0) is 31.5. The zero-order valence-corrected chi connectivity index (χ0v) is 25.1. The van der Waals surface area contributed by atoms with E-state index in [2.05, 4.69) is 5.32 Å². The Bertz CT molecular complexity index is 1470. The van der Waals surface area contributed by atoms with Gasteiger partial charge in [-0.3, -0.25) is 9.59 Å². The van der Waals surface area contributed by atoms with E-state index in [9.17, 15) is 24.2 Å². The molecule has 1 heterocycles. The van der Waals surface area contributed by atoms with Gasteiger partial charge < -0.3 is 25.2 Å². The first-order valence-electron chi connectivity index (χ1n) is 14.7. The number of carboxylic acids is 1. The first-order valence-corrected chi connectivity index (χ1v) is 14.7.